The summed E-state index contributed by atoms with van der Waals surface area (Å²) in [5, 5.41) is 17.8. The van der Waals surface area contributed by atoms with Crippen molar-refractivity contribution in [3.63, 3.8) is 0 Å². The Balaban J connectivity index is 1.80. The SMILES string of the molecule is CO[C@](C#N)(COP(=O)(N[C@@H](C)C(=O)OC1CCOCC1)Oc1ccccc1)[C@@H](OC(=O)C(C)(C)C)[C@@H](OC(=O)C(C)(C)C)c1ccc2c(N)ncnn12. The van der Waals surface area contributed by atoms with Crippen molar-refractivity contribution in [2.45, 2.75) is 91.3 Å². The topological polar surface area (TPSA) is 225 Å². The minimum atomic E-state index is -4.62. The zero-order chi connectivity index (χ0) is 39.9. The van der Waals surface area contributed by atoms with Crippen LogP contribution in [0.25, 0.3) is 5.52 Å². The number of para-hydroxylation sites is 1. The fourth-order valence-electron chi connectivity index (χ4n) is 5.09. The quantitative estimate of drug-likeness (QED) is 0.121. The maximum atomic E-state index is 14.6. The Labute approximate surface area is 314 Å². The van der Waals surface area contributed by atoms with Crippen LogP contribution < -0.4 is 15.3 Å². The third kappa shape index (κ3) is 10.3. The second-order valence-corrected chi connectivity index (χ2v) is 16.5. The van der Waals surface area contributed by atoms with Crippen molar-refractivity contribution < 1.29 is 51.7 Å². The predicted molar refractivity (Wildman–Crippen MR) is 194 cm³/mol. The summed E-state index contributed by atoms with van der Waals surface area (Å²) in [4.78, 5) is 44.4. The number of hydrogen-bond acceptors (Lipinski definition) is 15. The number of carbonyl (C=O) groups is 3. The third-order valence-corrected chi connectivity index (χ3v) is 9.98. The maximum Gasteiger partial charge on any atom is 0.459 e. The molecule has 54 heavy (non-hydrogen) atoms. The zero-order valence-corrected chi connectivity index (χ0v) is 32.7. The lowest BCUT2D eigenvalue weighted by molar-refractivity contribution is -0.202. The monoisotopic (exact) mass is 772 g/mol. The Bertz CT molecular complexity index is 1860. The molecule has 1 saturated heterocycles. The number of anilines is 1. The van der Waals surface area contributed by atoms with Crippen LogP contribution in [-0.2, 0) is 47.2 Å². The Morgan fingerprint density at radius 3 is 2.26 bits per heavy atom. The van der Waals surface area contributed by atoms with Crippen molar-refractivity contribution in [3.05, 3.63) is 54.5 Å². The fourth-order valence-corrected chi connectivity index (χ4v) is 6.61. The molecule has 1 aromatic carbocycles. The number of nitriles is 1. The number of nitrogen functional groups attached to an aromatic ring is 1. The highest BCUT2D eigenvalue weighted by Crippen LogP contribution is 2.47. The van der Waals surface area contributed by atoms with Crippen LogP contribution in [0.1, 0.15) is 73.1 Å². The molecule has 2 aromatic heterocycles. The number of nitrogens with two attached hydrogens (primary N) is 1. The number of ether oxygens (including phenoxy) is 5. The Morgan fingerprint density at radius 2 is 1.67 bits per heavy atom. The first kappa shape index (κ1) is 42.2. The number of rotatable bonds is 15. The Hall–Kier alpha value is -4.59. The molecular weight excluding hydrogens is 723 g/mol. The molecule has 1 aliphatic rings. The van der Waals surface area contributed by atoms with Gasteiger partial charge in [0.25, 0.3) is 0 Å². The summed E-state index contributed by atoms with van der Waals surface area (Å²) in [5.74, 6) is -2.07. The number of carbonyl (C=O) groups excluding carboxylic acids is 3. The number of nitrogens with zero attached hydrogens (tertiary/aromatic N) is 4. The largest absolute Gasteiger partial charge is 0.461 e. The molecule has 0 spiro atoms. The van der Waals surface area contributed by atoms with E-state index in [9.17, 15) is 24.2 Å². The molecule has 4 rings (SSSR count). The van der Waals surface area contributed by atoms with Crippen LogP contribution in [0.5, 0.6) is 5.75 Å². The minimum absolute atomic E-state index is 0.0940. The molecule has 294 valence electrons. The number of aromatic nitrogens is 3. The minimum Gasteiger partial charge on any atom is -0.461 e. The first-order valence-corrected chi connectivity index (χ1v) is 18.9. The van der Waals surface area contributed by atoms with Crippen LogP contribution in [0.15, 0.2) is 48.8 Å². The van der Waals surface area contributed by atoms with Crippen molar-refractivity contribution in [3.8, 4) is 11.8 Å². The van der Waals surface area contributed by atoms with Gasteiger partial charge < -0.3 is 33.9 Å². The van der Waals surface area contributed by atoms with Gasteiger partial charge in [0.05, 0.1) is 29.7 Å². The molecule has 0 radical (unpaired) electrons. The van der Waals surface area contributed by atoms with Crippen molar-refractivity contribution in [2.75, 3.05) is 32.7 Å². The number of fused-ring (bicyclic) bond motifs is 1. The normalized spacial score (nSPS) is 17.9. The van der Waals surface area contributed by atoms with Gasteiger partial charge in [-0.1, -0.05) is 18.2 Å². The summed E-state index contributed by atoms with van der Waals surface area (Å²) in [5.41, 5.74) is 2.00. The highest BCUT2D eigenvalue weighted by molar-refractivity contribution is 7.52. The van der Waals surface area contributed by atoms with E-state index in [1.54, 1.807) is 65.8 Å². The van der Waals surface area contributed by atoms with Crippen molar-refractivity contribution in [2.24, 2.45) is 10.8 Å². The van der Waals surface area contributed by atoms with Crippen molar-refractivity contribution in [1.82, 2.24) is 19.7 Å². The van der Waals surface area contributed by atoms with Gasteiger partial charge in [0.2, 0.25) is 5.60 Å². The van der Waals surface area contributed by atoms with Crippen LogP contribution in [0.2, 0.25) is 0 Å². The van der Waals surface area contributed by atoms with Crippen LogP contribution in [0, 0.1) is 22.2 Å². The highest BCUT2D eigenvalue weighted by atomic mass is 31.2. The molecule has 1 fully saturated rings. The van der Waals surface area contributed by atoms with Gasteiger partial charge in [-0.3, -0.25) is 18.9 Å². The van der Waals surface area contributed by atoms with Crippen LogP contribution in [-0.4, -0.2) is 83.3 Å². The standard InChI is InChI=1S/C36H49N6O11P/c1-23(31(43)50-24-16-18-48-19-17-24)41-54(46,53-25-12-10-9-11-13-25)49-21-36(20-37,47-8)29(52-33(45)35(5,6)7)28(51-32(44)34(2,3)4)26-14-15-27-30(38)39-22-40-42(26)27/h9-15,22-24,28-29H,16-19,21H2,1-8H3,(H,41,46)(H2,38,39,40)/t23-,28-,29-,36+,54?/m0/s1. The lowest BCUT2D eigenvalue weighted by Crippen LogP contribution is -2.54. The van der Waals surface area contributed by atoms with Gasteiger partial charge in [-0.2, -0.15) is 15.4 Å². The van der Waals surface area contributed by atoms with E-state index in [1.807, 2.05) is 6.07 Å². The number of hydrogen-bond donors (Lipinski definition) is 2. The summed E-state index contributed by atoms with van der Waals surface area (Å²) < 4.78 is 56.6. The number of methoxy groups -OCH3 is 1. The van der Waals surface area contributed by atoms with E-state index in [0.717, 1.165) is 7.11 Å². The lowest BCUT2D eigenvalue weighted by atomic mass is 9.90. The van der Waals surface area contributed by atoms with Crippen molar-refractivity contribution >= 4 is 37.0 Å². The van der Waals surface area contributed by atoms with E-state index in [-0.39, 0.29) is 17.3 Å². The molecule has 3 aromatic rings. The van der Waals surface area contributed by atoms with E-state index < -0.39 is 73.0 Å². The number of benzene rings is 1. The molecular formula is C36H49N6O11P. The zero-order valence-electron chi connectivity index (χ0n) is 31.8. The highest BCUT2D eigenvalue weighted by Gasteiger charge is 2.53. The fraction of sp³-hybridized carbons (Fsp3) is 0.556. The second-order valence-electron chi connectivity index (χ2n) is 14.8. The van der Waals surface area contributed by atoms with E-state index in [4.69, 9.17) is 38.5 Å². The molecule has 3 heterocycles. The summed E-state index contributed by atoms with van der Waals surface area (Å²) >= 11 is 0. The number of nitrogens with one attached hydrogen (secondary N) is 1. The van der Waals surface area contributed by atoms with Crippen molar-refractivity contribution in [1.29, 1.82) is 5.26 Å². The van der Waals surface area contributed by atoms with Gasteiger partial charge >= 0.3 is 25.7 Å². The lowest BCUT2D eigenvalue weighted by Gasteiger charge is -2.39. The second kappa shape index (κ2) is 17.3. The average molecular weight is 773 g/mol. The van der Waals surface area contributed by atoms with E-state index >= 15 is 0 Å². The molecule has 0 amide bonds. The molecule has 0 saturated carbocycles. The first-order valence-electron chi connectivity index (χ1n) is 17.3. The maximum absolute atomic E-state index is 14.6. The average Bonchev–Trinajstić information content (AvgIpc) is 3.56. The summed E-state index contributed by atoms with van der Waals surface area (Å²) in [6, 6.07) is 11.9. The smallest absolute Gasteiger partial charge is 0.459 e. The summed E-state index contributed by atoms with van der Waals surface area (Å²) in [7, 11) is -3.47. The molecule has 3 N–H and O–H groups in total. The van der Waals surface area contributed by atoms with Crippen LogP contribution in [0.4, 0.5) is 5.82 Å². The van der Waals surface area contributed by atoms with Gasteiger partial charge in [0.1, 0.15) is 42.4 Å². The van der Waals surface area contributed by atoms with Crippen LogP contribution >= 0.6 is 7.75 Å². The molecule has 1 unspecified atom stereocenters. The molecule has 0 bridgehead atoms. The Morgan fingerprint density at radius 1 is 1.04 bits per heavy atom. The first-order chi connectivity index (χ1) is 25.3. The Kier molecular flexibility index (Phi) is 13.5. The van der Waals surface area contributed by atoms with E-state index in [2.05, 4.69) is 15.2 Å². The van der Waals surface area contributed by atoms with Gasteiger partial charge in [-0.15, -0.1) is 0 Å². The van der Waals surface area contributed by atoms with Gasteiger partial charge in [-0.25, -0.2) is 14.1 Å². The third-order valence-electron chi connectivity index (χ3n) is 8.36. The molecule has 5 atom stereocenters. The number of esters is 3. The van der Waals surface area contributed by atoms with Gasteiger partial charge in [-0.05, 0) is 72.7 Å². The van der Waals surface area contributed by atoms with Crippen LogP contribution in [0.3, 0.4) is 0 Å². The summed E-state index contributed by atoms with van der Waals surface area (Å²) in [6.07, 6.45) is -1.63. The van der Waals surface area contributed by atoms with E-state index in [0.29, 0.717) is 31.6 Å². The molecule has 0 aliphatic carbocycles. The molecule has 17 nitrogen and oxygen atoms in total. The molecule has 18 heteroatoms. The molecule has 1 aliphatic heterocycles. The predicted octanol–water partition coefficient (Wildman–Crippen LogP) is 4.71. The summed E-state index contributed by atoms with van der Waals surface area (Å²) in [6.45, 7) is 11.0. The van der Waals surface area contributed by atoms with Gasteiger partial charge in [0, 0.05) is 20.0 Å². The van der Waals surface area contributed by atoms with Gasteiger partial charge in [0.15, 0.2) is 18.0 Å². The van der Waals surface area contributed by atoms with E-state index in [1.165, 1.54) is 36.0 Å².